The van der Waals surface area contributed by atoms with E-state index in [9.17, 15) is 4.79 Å². The van der Waals surface area contributed by atoms with Crippen LogP contribution in [-0.2, 0) is 17.8 Å². The molecule has 1 aliphatic heterocycles. The van der Waals surface area contributed by atoms with Crippen molar-refractivity contribution < 1.29 is 9.53 Å². The first-order chi connectivity index (χ1) is 11.8. The molecule has 3 aromatic carbocycles. The Labute approximate surface area is 140 Å². The van der Waals surface area contributed by atoms with Gasteiger partial charge in [-0.25, -0.2) is 0 Å². The molecule has 0 radical (unpaired) electrons. The molecule has 1 amide bonds. The van der Waals surface area contributed by atoms with Crippen molar-refractivity contribution in [1.82, 2.24) is 0 Å². The predicted molar refractivity (Wildman–Crippen MR) is 95.0 cm³/mol. The largest absolute Gasteiger partial charge is 0.489 e. The van der Waals surface area contributed by atoms with Crippen molar-refractivity contribution >= 4 is 11.6 Å². The number of ether oxygens (including phenoxy) is 1. The highest BCUT2D eigenvalue weighted by atomic mass is 16.5. The minimum Gasteiger partial charge on any atom is -0.489 e. The Kier molecular flexibility index (Phi) is 3.75. The van der Waals surface area contributed by atoms with Crippen LogP contribution in [0.5, 0.6) is 5.75 Å². The van der Waals surface area contributed by atoms with Gasteiger partial charge in [0.25, 0.3) is 0 Å². The molecule has 0 aromatic heterocycles. The van der Waals surface area contributed by atoms with Crippen LogP contribution in [0.25, 0.3) is 11.1 Å². The van der Waals surface area contributed by atoms with E-state index in [4.69, 9.17) is 4.74 Å². The van der Waals surface area contributed by atoms with Gasteiger partial charge < -0.3 is 10.1 Å². The molecule has 1 heterocycles. The lowest BCUT2D eigenvalue weighted by Gasteiger charge is -2.12. The summed E-state index contributed by atoms with van der Waals surface area (Å²) in [6.07, 6.45) is 0.394. The smallest absolute Gasteiger partial charge is 0.228 e. The van der Waals surface area contributed by atoms with E-state index in [0.717, 1.165) is 33.7 Å². The summed E-state index contributed by atoms with van der Waals surface area (Å²) in [6.45, 7) is 0.504. The standard InChI is InChI=1S/C21H17NO2/c23-21-12-16-8-4-5-9-18(16)19-11-10-17(13-20(19)22-21)24-14-15-6-2-1-3-7-15/h1-11,13H,12,14H2,(H,22,23). The van der Waals surface area contributed by atoms with E-state index in [1.807, 2.05) is 66.7 Å². The summed E-state index contributed by atoms with van der Waals surface area (Å²) in [7, 11) is 0. The summed E-state index contributed by atoms with van der Waals surface area (Å²) < 4.78 is 5.87. The van der Waals surface area contributed by atoms with Gasteiger partial charge in [0.2, 0.25) is 5.91 Å². The van der Waals surface area contributed by atoms with Gasteiger partial charge in [0.05, 0.1) is 12.1 Å². The molecule has 3 aromatic rings. The highest BCUT2D eigenvalue weighted by Gasteiger charge is 2.18. The Morgan fingerprint density at radius 2 is 1.67 bits per heavy atom. The molecule has 0 unspecified atom stereocenters. The number of hydrogen-bond acceptors (Lipinski definition) is 2. The van der Waals surface area contributed by atoms with Gasteiger partial charge in [0.1, 0.15) is 12.4 Å². The van der Waals surface area contributed by atoms with E-state index in [1.54, 1.807) is 0 Å². The molecule has 0 fully saturated rings. The highest BCUT2D eigenvalue weighted by molar-refractivity contribution is 6.00. The van der Waals surface area contributed by atoms with E-state index < -0.39 is 0 Å². The Hall–Kier alpha value is -3.07. The third kappa shape index (κ3) is 2.88. The molecule has 3 nitrogen and oxygen atoms in total. The van der Waals surface area contributed by atoms with Crippen LogP contribution < -0.4 is 10.1 Å². The van der Waals surface area contributed by atoms with Crippen LogP contribution >= 0.6 is 0 Å². The summed E-state index contributed by atoms with van der Waals surface area (Å²) in [6, 6.07) is 23.9. The van der Waals surface area contributed by atoms with Crippen molar-refractivity contribution in [3.05, 3.63) is 83.9 Å². The van der Waals surface area contributed by atoms with Crippen LogP contribution in [0.15, 0.2) is 72.8 Å². The quantitative estimate of drug-likeness (QED) is 0.776. The van der Waals surface area contributed by atoms with E-state index in [0.29, 0.717) is 13.0 Å². The van der Waals surface area contributed by atoms with Crippen molar-refractivity contribution in [2.75, 3.05) is 5.32 Å². The maximum atomic E-state index is 12.1. The van der Waals surface area contributed by atoms with Gasteiger partial charge in [-0.05, 0) is 28.8 Å². The summed E-state index contributed by atoms with van der Waals surface area (Å²) in [4.78, 5) is 12.1. The molecule has 4 rings (SSSR count). The average Bonchev–Trinajstić information content (AvgIpc) is 2.75. The summed E-state index contributed by atoms with van der Waals surface area (Å²) in [5, 5.41) is 2.99. The summed E-state index contributed by atoms with van der Waals surface area (Å²) >= 11 is 0. The van der Waals surface area contributed by atoms with Crippen molar-refractivity contribution in [1.29, 1.82) is 0 Å². The number of anilines is 1. The number of hydrogen-bond donors (Lipinski definition) is 1. The fourth-order valence-corrected chi connectivity index (χ4v) is 3.00. The van der Waals surface area contributed by atoms with E-state index in [2.05, 4.69) is 11.4 Å². The van der Waals surface area contributed by atoms with Crippen LogP contribution in [0, 0.1) is 0 Å². The molecule has 0 aliphatic carbocycles. The van der Waals surface area contributed by atoms with E-state index in [-0.39, 0.29) is 5.91 Å². The Morgan fingerprint density at radius 3 is 2.54 bits per heavy atom. The first-order valence-corrected chi connectivity index (χ1v) is 7.98. The molecule has 0 saturated heterocycles. The zero-order valence-electron chi connectivity index (χ0n) is 13.2. The molecular formula is C21H17NO2. The van der Waals surface area contributed by atoms with Gasteiger partial charge in [0.15, 0.2) is 0 Å². The minimum absolute atomic E-state index is 0.00130. The number of benzene rings is 3. The second-order valence-electron chi connectivity index (χ2n) is 5.86. The molecule has 0 bridgehead atoms. The van der Waals surface area contributed by atoms with Gasteiger partial charge in [-0.2, -0.15) is 0 Å². The fraction of sp³-hybridized carbons (Fsp3) is 0.0952. The Morgan fingerprint density at radius 1 is 0.875 bits per heavy atom. The second-order valence-corrected chi connectivity index (χ2v) is 5.86. The van der Waals surface area contributed by atoms with Gasteiger partial charge in [0, 0.05) is 11.6 Å². The highest BCUT2D eigenvalue weighted by Crippen LogP contribution is 2.36. The molecule has 0 saturated carbocycles. The lowest BCUT2D eigenvalue weighted by Crippen LogP contribution is -2.12. The number of rotatable bonds is 3. The van der Waals surface area contributed by atoms with Gasteiger partial charge in [-0.15, -0.1) is 0 Å². The minimum atomic E-state index is 0.00130. The van der Waals surface area contributed by atoms with Crippen LogP contribution in [0.1, 0.15) is 11.1 Å². The number of carbonyl (C=O) groups is 1. The molecule has 118 valence electrons. The van der Waals surface area contributed by atoms with Crippen molar-refractivity contribution in [3.8, 4) is 16.9 Å². The van der Waals surface area contributed by atoms with Crippen molar-refractivity contribution in [2.24, 2.45) is 0 Å². The van der Waals surface area contributed by atoms with Gasteiger partial charge >= 0.3 is 0 Å². The first kappa shape index (κ1) is 14.5. The molecule has 24 heavy (non-hydrogen) atoms. The van der Waals surface area contributed by atoms with Crippen LogP contribution in [0.2, 0.25) is 0 Å². The van der Waals surface area contributed by atoms with Crippen LogP contribution in [-0.4, -0.2) is 5.91 Å². The summed E-state index contributed by atoms with van der Waals surface area (Å²) in [5.74, 6) is 0.749. The van der Waals surface area contributed by atoms with Gasteiger partial charge in [-0.3, -0.25) is 4.79 Å². The predicted octanol–water partition coefficient (Wildman–Crippen LogP) is 4.43. The van der Waals surface area contributed by atoms with Crippen LogP contribution in [0.3, 0.4) is 0 Å². The topological polar surface area (TPSA) is 38.3 Å². The van der Waals surface area contributed by atoms with Crippen molar-refractivity contribution in [3.63, 3.8) is 0 Å². The molecule has 0 atom stereocenters. The fourth-order valence-electron chi connectivity index (χ4n) is 3.00. The number of carbonyl (C=O) groups excluding carboxylic acids is 1. The number of nitrogens with one attached hydrogen (secondary N) is 1. The molecule has 0 spiro atoms. The molecule has 1 N–H and O–H groups in total. The first-order valence-electron chi connectivity index (χ1n) is 7.98. The zero-order chi connectivity index (χ0) is 16.4. The second kappa shape index (κ2) is 6.20. The Bertz CT molecular complexity index is 887. The molecular weight excluding hydrogens is 298 g/mol. The lowest BCUT2D eigenvalue weighted by molar-refractivity contribution is -0.115. The maximum Gasteiger partial charge on any atom is 0.228 e. The summed E-state index contributed by atoms with van der Waals surface area (Å²) in [5.41, 5.74) is 5.09. The Balaban J connectivity index is 1.65. The maximum absolute atomic E-state index is 12.1. The average molecular weight is 315 g/mol. The normalized spacial score (nSPS) is 12.6. The van der Waals surface area contributed by atoms with Crippen molar-refractivity contribution in [2.45, 2.75) is 13.0 Å². The molecule has 1 aliphatic rings. The number of fused-ring (bicyclic) bond motifs is 3. The molecule has 3 heteroatoms. The van der Waals surface area contributed by atoms with Gasteiger partial charge in [-0.1, -0.05) is 54.6 Å². The number of amides is 1. The lowest BCUT2D eigenvalue weighted by atomic mass is 9.98. The van der Waals surface area contributed by atoms with Crippen LogP contribution in [0.4, 0.5) is 5.69 Å². The SMILES string of the molecule is O=C1Cc2ccccc2-c2ccc(OCc3ccccc3)cc2N1. The third-order valence-electron chi connectivity index (χ3n) is 4.17. The van der Waals surface area contributed by atoms with E-state index >= 15 is 0 Å². The zero-order valence-corrected chi connectivity index (χ0v) is 13.2. The third-order valence-corrected chi connectivity index (χ3v) is 4.17. The monoisotopic (exact) mass is 315 g/mol. The van der Waals surface area contributed by atoms with E-state index in [1.165, 1.54) is 0 Å².